The molecule has 0 bridgehead atoms. The highest BCUT2D eigenvalue weighted by atomic mass is 79.9. The fourth-order valence-corrected chi connectivity index (χ4v) is 3.27. The summed E-state index contributed by atoms with van der Waals surface area (Å²) in [5.41, 5.74) is 1.31. The van der Waals surface area contributed by atoms with Gasteiger partial charge in [0, 0.05) is 28.5 Å². The maximum absolute atomic E-state index is 12.6. The minimum absolute atomic E-state index is 0.0735. The molecule has 0 saturated heterocycles. The Bertz CT molecular complexity index is 1030. The summed E-state index contributed by atoms with van der Waals surface area (Å²) >= 11 is 14.8. The van der Waals surface area contributed by atoms with E-state index in [4.69, 9.17) is 23.8 Å². The molecular weight excluding hydrogens is 424 g/mol. The summed E-state index contributed by atoms with van der Waals surface area (Å²) in [4.78, 5) is 12.8. The van der Waals surface area contributed by atoms with Crippen LogP contribution in [-0.4, -0.2) is 14.7 Å². The highest BCUT2D eigenvalue weighted by Crippen LogP contribution is 2.28. The number of pyridine rings is 1. The lowest BCUT2D eigenvalue weighted by molar-refractivity contribution is 0.478. The van der Waals surface area contributed by atoms with E-state index in [1.165, 1.54) is 4.57 Å². The molecule has 25 heavy (non-hydrogen) atoms. The van der Waals surface area contributed by atoms with Crippen LogP contribution in [0.1, 0.15) is 11.1 Å². The van der Waals surface area contributed by atoms with Gasteiger partial charge in [-0.25, -0.2) is 0 Å². The first-order chi connectivity index (χ1) is 11.9. The number of hydrogen-bond donors (Lipinski definition) is 2. The van der Waals surface area contributed by atoms with Gasteiger partial charge < -0.3 is 15.0 Å². The van der Waals surface area contributed by atoms with Crippen LogP contribution < -0.4 is 10.9 Å². The maximum atomic E-state index is 12.6. The number of nitrogens with one attached hydrogen (secondary N) is 1. The van der Waals surface area contributed by atoms with Gasteiger partial charge in [0.2, 0.25) is 0 Å². The molecule has 0 aliphatic heterocycles. The highest BCUT2D eigenvalue weighted by Gasteiger charge is 2.18. The van der Waals surface area contributed by atoms with Crippen molar-refractivity contribution < 1.29 is 5.11 Å². The Balaban J connectivity index is 1.98. The molecule has 0 fully saturated rings. The van der Waals surface area contributed by atoms with Crippen LogP contribution in [0.15, 0.2) is 51.7 Å². The predicted octanol–water partition coefficient (Wildman–Crippen LogP) is 4.13. The molecule has 2 aromatic carbocycles. The van der Waals surface area contributed by atoms with E-state index in [9.17, 15) is 9.90 Å². The van der Waals surface area contributed by atoms with Crippen molar-refractivity contribution in [2.24, 2.45) is 7.05 Å². The van der Waals surface area contributed by atoms with Crippen molar-refractivity contribution in [3.05, 3.63) is 73.4 Å². The second-order valence-corrected chi connectivity index (χ2v) is 7.32. The van der Waals surface area contributed by atoms with E-state index in [0.29, 0.717) is 22.5 Å². The molecule has 7 heteroatoms. The molecule has 0 aliphatic carbocycles. The fourth-order valence-electron chi connectivity index (χ4n) is 2.58. The predicted molar refractivity (Wildman–Crippen MR) is 109 cm³/mol. The first-order valence-electron chi connectivity index (χ1n) is 7.42. The third kappa shape index (κ3) is 3.56. The number of fused-ring (bicyclic) bond motifs is 1. The number of hydrogen-bond acceptors (Lipinski definition) is 3. The number of thiocarbonyl (C=S) groups is 1. The standard InChI is InChI=1S/C18H14BrClN2O2S/c1-22-14-7-6-12(20)8-13(14)16(23)15(18(22)24)17(25)21-9-10-2-4-11(19)5-3-10/h2-8,23H,9H2,1H3,(H,21,25). The molecule has 1 aromatic heterocycles. The molecule has 3 aromatic rings. The van der Waals surface area contributed by atoms with Crippen LogP contribution in [0.25, 0.3) is 10.9 Å². The third-order valence-electron chi connectivity index (χ3n) is 3.92. The van der Waals surface area contributed by atoms with Crippen LogP contribution in [0.3, 0.4) is 0 Å². The first kappa shape index (κ1) is 17.9. The van der Waals surface area contributed by atoms with E-state index >= 15 is 0 Å². The van der Waals surface area contributed by atoms with Gasteiger partial charge in [0.15, 0.2) is 0 Å². The third-order valence-corrected chi connectivity index (χ3v) is 5.04. The second-order valence-electron chi connectivity index (χ2n) is 5.56. The Morgan fingerprint density at radius 2 is 1.96 bits per heavy atom. The van der Waals surface area contributed by atoms with Gasteiger partial charge in [-0.3, -0.25) is 4.79 Å². The van der Waals surface area contributed by atoms with Gasteiger partial charge in [0.05, 0.1) is 5.52 Å². The van der Waals surface area contributed by atoms with Crippen molar-refractivity contribution in [3.8, 4) is 5.75 Å². The molecule has 4 nitrogen and oxygen atoms in total. The van der Waals surface area contributed by atoms with E-state index in [1.54, 1.807) is 25.2 Å². The van der Waals surface area contributed by atoms with Crippen molar-refractivity contribution in [1.29, 1.82) is 0 Å². The first-order valence-corrected chi connectivity index (χ1v) is 9.00. The molecular formula is C18H14BrClN2O2S. The highest BCUT2D eigenvalue weighted by molar-refractivity contribution is 9.10. The average molecular weight is 438 g/mol. The van der Waals surface area contributed by atoms with Crippen molar-refractivity contribution in [1.82, 2.24) is 9.88 Å². The number of rotatable bonds is 3. The van der Waals surface area contributed by atoms with E-state index in [1.807, 2.05) is 24.3 Å². The molecule has 0 aliphatic rings. The zero-order chi connectivity index (χ0) is 18.1. The van der Waals surface area contributed by atoms with Gasteiger partial charge in [0.1, 0.15) is 16.3 Å². The van der Waals surface area contributed by atoms with Crippen molar-refractivity contribution in [2.75, 3.05) is 0 Å². The van der Waals surface area contributed by atoms with Gasteiger partial charge in [-0.15, -0.1) is 0 Å². The fraction of sp³-hybridized carbons (Fsp3) is 0.111. The monoisotopic (exact) mass is 436 g/mol. The van der Waals surface area contributed by atoms with Crippen molar-refractivity contribution in [2.45, 2.75) is 6.54 Å². The summed E-state index contributed by atoms with van der Waals surface area (Å²) in [6.07, 6.45) is 0. The summed E-state index contributed by atoms with van der Waals surface area (Å²) in [5.74, 6) is -0.158. The molecule has 3 rings (SSSR count). The van der Waals surface area contributed by atoms with Crippen LogP contribution in [0.5, 0.6) is 5.75 Å². The van der Waals surface area contributed by atoms with Crippen LogP contribution in [-0.2, 0) is 13.6 Å². The number of halogens is 2. The van der Waals surface area contributed by atoms with Crippen molar-refractivity contribution >= 4 is 55.6 Å². The normalized spacial score (nSPS) is 10.8. The Kier molecular flexibility index (Phi) is 5.13. The van der Waals surface area contributed by atoms with E-state index in [2.05, 4.69) is 21.2 Å². The largest absolute Gasteiger partial charge is 0.506 e. The average Bonchev–Trinajstić information content (AvgIpc) is 2.59. The molecule has 1 heterocycles. The summed E-state index contributed by atoms with van der Waals surface area (Å²) in [7, 11) is 1.64. The molecule has 0 unspecified atom stereocenters. The van der Waals surface area contributed by atoms with Gasteiger partial charge >= 0.3 is 0 Å². The SMILES string of the molecule is Cn1c(=O)c(C(=S)NCc2ccc(Br)cc2)c(O)c2cc(Cl)ccc21. The lowest BCUT2D eigenvalue weighted by atomic mass is 10.1. The van der Waals surface area contributed by atoms with Gasteiger partial charge in [0.25, 0.3) is 5.56 Å². The zero-order valence-electron chi connectivity index (χ0n) is 13.2. The van der Waals surface area contributed by atoms with Crippen LogP contribution in [0, 0.1) is 0 Å². The van der Waals surface area contributed by atoms with Gasteiger partial charge in [-0.1, -0.05) is 51.9 Å². The smallest absolute Gasteiger partial charge is 0.264 e. The summed E-state index contributed by atoms with van der Waals surface area (Å²) < 4.78 is 2.44. The van der Waals surface area contributed by atoms with E-state index in [-0.39, 0.29) is 21.9 Å². The molecule has 0 radical (unpaired) electrons. The van der Waals surface area contributed by atoms with E-state index in [0.717, 1.165) is 10.0 Å². The number of aryl methyl sites for hydroxylation is 1. The summed E-state index contributed by atoms with van der Waals surface area (Å²) in [6.45, 7) is 0.447. The molecule has 2 N–H and O–H groups in total. The molecule has 0 atom stereocenters. The number of benzene rings is 2. The number of aromatic nitrogens is 1. The van der Waals surface area contributed by atoms with Crippen LogP contribution in [0.4, 0.5) is 0 Å². The molecule has 0 amide bonds. The molecule has 0 spiro atoms. The topological polar surface area (TPSA) is 54.3 Å². The summed E-state index contributed by atoms with van der Waals surface area (Å²) in [6, 6.07) is 12.7. The minimum atomic E-state index is -0.361. The van der Waals surface area contributed by atoms with Gasteiger partial charge in [-0.2, -0.15) is 0 Å². The second kappa shape index (κ2) is 7.15. The Morgan fingerprint density at radius 3 is 2.64 bits per heavy atom. The van der Waals surface area contributed by atoms with Crippen LogP contribution >= 0.6 is 39.7 Å². The molecule has 0 saturated carbocycles. The zero-order valence-corrected chi connectivity index (χ0v) is 16.4. The lowest BCUT2D eigenvalue weighted by Crippen LogP contribution is -2.31. The van der Waals surface area contributed by atoms with Gasteiger partial charge in [-0.05, 0) is 35.9 Å². The minimum Gasteiger partial charge on any atom is -0.506 e. The Hall–Kier alpha value is -1.89. The Labute approximate surface area is 163 Å². The lowest BCUT2D eigenvalue weighted by Gasteiger charge is -2.14. The van der Waals surface area contributed by atoms with E-state index < -0.39 is 0 Å². The number of aromatic hydroxyl groups is 1. The summed E-state index contributed by atoms with van der Waals surface area (Å²) in [5, 5.41) is 14.6. The van der Waals surface area contributed by atoms with Crippen LogP contribution in [0.2, 0.25) is 5.02 Å². The quantitative estimate of drug-likeness (QED) is 0.605. The maximum Gasteiger partial charge on any atom is 0.264 e. The Morgan fingerprint density at radius 1 is 1.28 bits per heavy atom. The van der Waals surface area contributed by atoms with Crippen molar-refractivity contribution in [3.63, 3.8) is 0 Å². The molecule has 128 valence electrons. The number of nitrogens with zero attached hydrogens (tertiary/aromatic N) is 1.